The van der Waals surface area contributed by atoms with Crippen molar-refractivity contribution in [1.29, 1.82) is 0 Å². The number of hydrogen-bond acceptors (Lipinski definition) is 3. The molecule has 1 aromatic carbocycles. The smallest absolute Gasteiger partial charge is 0.251 e. The molecule has 0 spiro atoms. The molecule has 0 aliphatic rings. The number of carbonyl (C=O) groups excluding carboxylic acids is 2. The zero-order valence-electron chi connectivity index (χ0n) is 9.99. The number of amides is 2. The largest absolute Gasteiger partial charge is 0.384 e. The predicted molar refractivity (Wildman–Crippen MR) is 66.7 cm³/mol. The average Bonchev–Trinajstić information content (AvgIpc) is 2.34. The molecule has 5 nitrogen and oxygen atoms in total. The Morgan fingerprint density at radius 1 is 1.44 bits per heavy atom. The van der Waals surface area contributed by atoms with Crippen LogP contribution in [0, 0.1) is 18.8 Å². The topological polar surface area (TPSA) is 92.4 Å². The molecule has 94 valence electrons. The molecule has 0 radical (unpaired) electrons. The second-order valence-electron chi connectivity index (χ2n) is 3.64. The first kappa shape index (κ1) is 13.7. The number of aliphatic hydroxyl groups excluding tert-OH is 1. The molecule has 18 heavy (non-hydrogen) atoms. The molecule has 1 rings (SSSR count). The number of nitrogens with one attached hydrogen (secondary N) is 1. The summed E-state index contributed by atoms with van der Waals surface area (Å²) in [6.45, 7) is 1.41. The van der Waals surface area contributed by atoms with Crippen LogP contribution in [-0.2, 0) is 4.79 Å². The summed E-state index contributed by atoms with van der Waals surface area (Å²) in [5.74, 6) is 4.36. The molecule has 5 heteroatoms. The molecule has 2 amide bonds. The van der Waals surface area contributed by atoms with Gasteiger partial charge in [0.1, 0.15) is 6.61 Å². The average molecular weight is 246 g/mol. The highest BCUT2D eigenvalue weighted by molar-refractivity contribution is 5.96. The molecule has 0 saturated heterocycles. The van der Waals surface area contributed by atoms with E-state index in [2.05, 4.69) is 17.2 Å². The zero-order valence-corrected chi connectivity index (χ0v) is 9.99. The van der Waals surface area contributed by atoms with E-state index in [9.17, 15) is 9.59 Å². The van der Waals surface area contributed by atoms with Crippen molar-refractivity contribution in [3.05, 3.63) is 34.9 Å². The Kier molecular flexibility index (Phi) is 4.90. The van der Waals surface area contributed by atoms with Crippen molar-refractivity contribution in [2.75, 3.05) is 13.2 Å². The van der Waals surface area contributed by atoms with Crippen LogP contribution in [0.25, 0.3) is 0 Å². The van der Waals surface area contributed by atoms with E-state index < -0.39 is 5.91 Å². The van der Waals surface area contributed by atoms with Gasteiger partial charge in [-0.15, -0.1) is 0 Å². The van der Waals surface area contributed by atoms with Gasteiger partial charge in [0.25, 0.3) is 5.91 Å². The first-order valence-electron chi connectivity index (χ1n) is 5.31. The van der Waals surface area contributed by atoms with Crippen LogP contribution >= 0.6 is 0 Å². The molecular weight excluding hydrogens is 232 g/mol. The molecule has 0 fully saturated rings. The highest BCUT2D eigenvalue weighted by Crippen LogP contribution is 2.10. The minimum atomic E-state index is -0.592. The number of primary amides is 1. The molecule has 0 atom stereocenters. The quantitative estimate of drug-likeness (QED) is 0.631. The Bertz CT molecular complexity index is 527. The maximum absolute atomic E-state index is 11.6. The van der Waals surface area contributed by atoms with Crippen LogP contribution in [0.4, 0.5) is 0 Å². The van der Waals surface area contributed by atoms with Gasteiger partial charge < -0.3 is 16.2 Å². The maximum Gasteiger partial charge on any atom is 0.251 e. The number of rotatable bonds is 3. The van der Waals surface area contributed by atoms with Crippen molar-refractivity contribution >= 4 is 11.8 Å². The van der Waals surface area contributed by atoms with E-state index in [-0.39, 0.29) is 19.1 Å². The lowest BCUT2D eigenvalue weighted by molar-refractivity contribution is -0.117. The number of hydrogen-bond donors (Lipinski definition) is 3. The van der Waals surface area contributed by atoms with E-state index in [4.69, 9.17) is 10.8 Å². The molecule has 0 heterocycles. The molecule has 0 bridgehead atoms. The zero-order chi connectivity index (χ0) is 13.5. The normalized spacial score (nSPS) is 9.22. The van der Waals surface area contributed by atoms with Crippen LogP contribution in [0.5, 0.6) is 0 Å². The summed E-state index contributed by atoms with van der Waals surface area (Å²) in [6, 6.07) is 4.96. The van der Waals surface area contributed by atoms with Gasteiger partial charge in [0.05, 0.1) is 6.54 Å². The van der Waals surface area contributed by atoms with Crippen molar-refractivity contribution in [3.63, 3.8) is 0 Å². The number of nitrogens with two attached hydrogens (primary N) is 1. The Balaban J connectivity index is 2.83. The summed E-state index contributed by atoms with van der Waals surface area (Å²) in [7, 11) is 0. The summed E-state index contributed by atoms with van der Waals surface area (Å²) in [6.07, 6.45) is 0. The lowest BCUT2D eigenvalue weighted by atomic mass is 10.0. The van der Waals surface area contributed by atoms with Crippen LogP contribution in [0.3, 0.4) is 0 Å². The fraction of sp³-hybridized carbons (Fsp3) is 0.231. The van der Waals surface area contributed by atoms with E-state index in [0.717, 1.165) is 11.1 Å². The summed E-state index contributed by atoms with van der Waals surface area (Å²) in [4.78, 5) is 22.2. The highest BCUT2D eigenvalue weighted by atomic mass is 16.2. The van der Waals surface area contributed by atoms with Crippen molar-refractivity contribution in [3.8, 4) is 11.8 Å². The molecule has 0 aliphatic carbocycles. The standard InChI is InChI=1S/C13H14N2O3/c1-9-7-11(13(18)15-8-12(14)17)5-4-10(9)3-2-6-16/h4-5,7,16H,6,8H2,1H3,(H2,14,17)(H,15,18). The molecule has 0 unspecified atom stereocenters. The van der Waals surface area contributed by atoms with Gasteiger partial charge in [-0.05, 0) is 30.7 Å². The van der Waals surface area contributed by atoms with Crippen LogP contribution < -0.4 is 11.1 Å². The number of aryl methyl sites for hydroxylation is 1. The van der Waals surface area contributed by atoms with E-state index in [0.29, 0.717) is 5.56 Å². The number of carbonyl (C=O) groups is 2. The molecule has 0 aliphatic heterocycles. The minimum absolute atomic E-state index is 0.191. The second kappa shape index (κ2) is 6.42. The van der Waals surface area contributed by atoms with Gasteiger partial charge in [0, 0.05) is 11.1 Å². The maximum atomic E-state index is 11.6. The molecule has 0 aromatic heterocycles. The van der Waals surface area contributed by atoms with Gasteiger partial charge in [-0.1, -0.05) is 11.8 Å². The van der Waals surface area contributed by atoms with Gasteiger partial charge in [-0.2, -0.15) is 0 Å². The van der Waals surface area contributed by atoms with Gasteiger partial charge in [-0.3, -0.25) is 9.59 Å². The molecule has 1 aromatic rings. The fourth-order valence-corrected chi connectivity index (χ4v) is 1.35. The Morgan fingerprint density at radius 2 is 2.17 bits per heavy atom. The third-order valence-electron chi connectivity index (χ3n) is 2.21. The van der Waals surface area contributed by atoms with Crippen LogP contribution in [0.15, 0.2) is 18.2 Å². The number of benzene rings is 1. The Morgan fingerprint density at radius 3 is 2.72 bits per heavy atom. The predicted octanol–water partition coefficient (Wildman–Crippen LogP) is -0.446. The van der Waals surface area contributed by atoms with E-state index in [1.54, 1.807) is 18.2 Å². The molecular formula is C13H14N2O3. The first-order valence-corrected chi connectivity index (χ1v) is 5.31. The van der Waals surface area contributed by atoms with Gasteiger partial charge in [0.15, 0.2) is 0 Å². The van der Waals surface area contributed by atoms with Crippen molar-refractivity contribution < 1.29 is 14.7 Å². The third-order valence-corrected chi connectivity index (χ3v) is 2.21. The van der Waals surface area contributed by atoms with Crippen LogP contribution in [-0.4, -0.2) is 30.1 Å². The van der Waals surface area contributed by atoms with Gasteiger partial charge in [-0.25, -0.2) is 0 Å². The third kappa shape index (κ3) is 3.92. The van der Waals surface area contributed by atoms with Crippen molar-refractivity contribution in [1.82, 2.24) is 5.32 Å². The summed E-state index contributed by atoms with van der Waals surface area (Å²) in [5, 5.41) is 11.0. The lowest BCUT2D eigenvalue weighted by Gasteiger charge is -2.05. The van der Waals surface area contributed by atoms with E-state index >= 15 is 0 Å². The van der Waals surface area contributed by atoms with Crippen LogP contribution in [0.2, 0.25) is 0 Å². The highest BCUT2D eigenvalue weighted by Gasteiger charge is 2.07. The number of aliphatic hydroxyl groups is 1. The van der Waals surface area contributed by atoms with Crippen LogP contribution in [0.1, 0.15) is 21.5 Å². The minimum Gasteiger partial charge on any atom is -0.384 e. The summed E-state index contributed by atoms with van der Waals surface area (Å²) < 4.78 is 0. The SMILES string of the molecule is Cc1cc(C(=O)NCC(N)=O)ccc1C#CCO. The summed E-state index contributed by atoms with van der Waals surface area (Å²) >= 11 is 0. The fourth-order valence-electron chi connectivity index (χ4n) is 1.35. The van der Waals surface area contributed by atoms with Gasteiger partial charge >= 0.3 is 0 Å². The van der Waals surface area contributed by atoms with E-state index in [1.165, 1.54) is 0 Å². The van der Waals surface area contributed by atoms with Crippen molar-refractivity contribution in [2.24, 2.45) is 5.73 Å². The van der Waals surface area contributed by atoms with Gasteiger partial charge in [0.2, 0.25) is 5.91 Å². The van der Waals surface area contributed by atoms with E-state index in [1.807, 2.05) is 6.92 Å². The molecule has 4 N–H and O–H groups in total. The van der Waals surface area contributed by atoms with Crippen molar-refractivity contribution in [2.45, 2.75) is 6.92 Å². The first-order chi connectivity index (χ1) is 8.54. The summed E-state index contributed by atoms with van der Waals surface area (Å²) in [5.41, 5.74) is 6.93. The Hall–Kier alpha value is -2.32. The second-order valence-corrected chi connectivity index (χ2v) is 3.64. The monoisotopic (exact) mass is 246 g/mol. The lowest BCUT2D eigenvalue weighted by Crippen LogP contribution is -2.33. The molecule has 0 saturated carbocycles. The Labute approximate surface area is 105 Å².